The molecule has 1 unspecified atom stereocenters. The lowest BCUT2D eigenvalue weighted by molar-refractivity contribution is 0.212. The summed E-state index contributed by atoms with van der Waals surface area (Å²) in [6.45, 7) is 2.63. The summed E-state index contributed by atoms with van der Waals surface area (Å²) in [5, 5.41) is 20.0. The first kappa shape index (κ1) is 23.6. The highest BCUT2D eigenvalue weighted by molar-refractivity contribution is 6.30. The van der Waals surface area contributed by atoms with Gasteiger partial charge in [-0.15, -0.1) is 0 Å². The number of aromatic nitrogens is 2. The number of piperazine rings is 1. The maximum atomic E-state index is 13.0. The Morgan fingerprint density at radius 2 is 1.56 bits per heavy atom. The van der Waals surface area contributed by atoms with Crippen molar-refractivity contribution < 1.29 is 0 Å². The Hall–Kier alpha value is -4.17. The molecule has 7 nitrogen and oxygen atoms in total. The van der Waals surface area contributed by atoms with Gasteiger partial charge in [0, 0.05) is 38.2 Å². The van der Waals surface area contributed by atoms with Crippen LogP contribution >= 0.6 is 11.6 Å². The van der Waals surface area contributed by atoms with E-state index in [1.807, 2.05) is 30.3 Å². The van der Waals surface area contributed by atoms with Gasteiger partial charge >= 0.3 is 0 Å². The highest BCUT2D eigenvalue weighted by atomic mass is 35.5. The number of halogens is 1. The van der Waals surface area contributed by atoms with Crippen molar-refractivity contribution >= 4 is 28.3 Å². The summed E-state index contributed by atoms with van der Waals surface area (Å²) in [5.41, 5.74) is 3.88. The van der Waals surface area contributed by atoms with Crippen molar-refractivity contribution in [3.05, 3.63) is 104 Å². The minimum absolute atomic E-state index is 0.0461. The number of nitriles is 2. The van der Waals surface area contributed by atoms with Gasteiger partial charge in [0.2, 0.25) is 0 Å². The molecule has 1 fully saturated rings. The number of aryl methyl sites for hydroxylation is 1. The average Bonchev–Trinajstić information content (AvgIpc) is 2.92. The van der Waals surface area contributed by atoms with Crippen LogP contribution in [-0.2, 0) is 7.05 Å². The zero-order chi connectivity index (χ0) is 25.2. The second kappa shape index (κ2) is 9.83. The molecule has 4 aromatic rings. The molecule has 0 N–H and O–H groups in total. The van der Waals surface area contributed by atoms with E-state index in [-0.39, 0.29) is 22.9 Å². The van der Waals surface area contributed by atoms with Crippen LogP contribution in [0.4, 0.5) is 5.69 Å². The van der Waals surface area contributed by atoms with E-state index in [0.29, 0.717) is 47.9 Å². The van der Waals surface area contributed by atoms with Crippen molar-refractivity contribution in [2.24, 2.45) is 7.05 Å². The van der Waals surface area contributed by atoms with Crippen molar-refractivity contribution in [2.75, 3.05) is 31.1 Å². The smallest absolute Gasteiger partial charge is 0.270 e. The molecule has 0 spiro atoms. The van der Waals surface area contributed by atoms with Gasteiger partial charge in [0.1, 0.15) is 28.9 Å². The maximum Gasteiger partial charge on any atom is 0.270 e. The molecule has 36 heavy (non-hydrogen) atoms. The van der Waals surface area contributed by atoms with E-state index in [0.717, 1.165) is 5.56 Å². The van der Waals surface area contributed by atoms with Crippen LogP contribution in [0.5, 0.6) is 0 Å². The van der Waals surface area contributed by atoms with Crippen molar-refractivity contribution in [2.45, 2.75) is 6.04 Å². The third-order valence-electron chi connectivity index (χ3n) is 6.74. The zero-order valence-electron chi connectivity index (χ0n) is 19.7. The molecule has 3 heterocycles. The van der Waals surface area contributed by atoms with Gasteiger partial charge in [0.05, 0.1) is 17.2 Å². The second-order valence-electron chi connectivity index (χ2n) is 8.76. The number of rotatable bonds is 4. The summed E-state index contributed by atoms with van der Waals surface area (Å²) in [7, 11) is 1.62. The van der Waals surface area contributed by atoms with Gasteiger partial charge in [-0.25, -0.2) is 4.98 Å². The van der Waals surface area contributed by atoms with E-state index in [2.05, 4.69) is 51.2 Å². The van der Waals surface area contributed by atoms with Gasteiger partial charge in [-0.1, -0.05) is 54.1 Å². The molecule has 1 saturated heterocycles. The monoisotopic (exact) mass is 494 g/mol. The molecule has 1 aliphatic rings. The van der Waals surface area contributed by atoms with Crippen LogP contribution in [-0.4, -0.2) is 40.6 Å². The van der Waals surface area contributed by atoms with Crippen LogP contribution in [0.15, 0.2) is 71.5 Å². The molecule has 8 heteroatoms. The normalized spacial score (nSPS) is 14.8. The van der Waals surface area contributed by atoms with Crippen LogP contribution in [0.2, 0.25) is 5.02 Å². The second-order valence-corrected chi connectivity index (χ2v) is 9.20. The predicted molar refractivity (Wildman–Crippen MR) is 140 cm³/mol. The summed E-state index contributed by atoms with van der Waals surface area (Å²) < 4.78 is 1.42. The number of hydrogen-bond donors (Lipinski definition) is 0. The lowest BCUT2D eigenvalue weighted by Crippen LogP contribution is -2.48. The van der Waals surface area contributed by atoms with Crippen molar-refractivity contribution in [1.82, 2.24) is 14.5 Å². The van der Waals surface area contributed by atoms with E-state index < -0.39 is 0 Å². The Balaban J connectivity index is 1.52. The van der Waals surface area contributed by atoms with E-state index in [1.165, 1.54) is 10.1 Å². The largest absolute Gasteiger partial charge is 0.366 e. The number of pyridine rings is 2. The van der Waals surface area contributed by atoms with E-state index in [4.69, 9.17) is 11.6 Å². The summed E-state index contributed by atoms with van der Waals surface area (Å²) >= 11 is 6.16. The molecule has 178 valence electrons. The third-order valence-corrected chi connectivity index (χ3v) is 6.99. The molecule has 0 amide bonds. The molecule has 0 aliphatic carbocycles. The van der Waals surface area contributed by atoms with E-state index >= 15 is 0 Å². The van der Waals surface area contributed by atoms with Gasteiger partial charge in [-0.3, -0.25) is 9.69 Å². The Labute approximate surface area is 214 Å². The molecule has 1 aliphatic heterocycles. The van der Waals surface area contributed by atoms with Crippen LogP contribution in [0.3, 0.4) is 0 Å². The van der Waals surface area contributed by atoms with E-state index in [9.17, 15) is 15.3 Å². The zero-order valence-corrected chi connectivity index (χ0v) is 20.5. The molecule has 1 atom stereocenters. The Kier molecular flexibility index (Phi) is 6.43. The number of nitrogens with zero attached hydrogens (tertiary/aromatic N) is 6. The van der Waals surface area contributed by atoms with Crippen LogP contribution < -0.4 is 10.5 Å². The van der Waals surface area contributed by atoms with Gasteiger partial charge in [-0.05, 0) is 35.4 Å². The number of hydrogen-bond acceptors (Lipinski definition) is 6. The Bertz CT molecular complexity index is 1560. The van der Waals surface area contributed by atoms with Crippen LogP contribution in [0.25, 0.3) is 11.0 Å². The fourth-order valence-electron chi connectivity index (χ4n) is 4.96. The molecule has 0 saturated carbocycles. The summed E-state index contributed by atoms with van der Waals surface area (Å²) in [6, 6.07) is 25.8. The number of fused-ring (bicyclic) bond motifs is 1. The third kappa shape index (κ3) is 4.20. The first-order valence-corrected chi connectivity index (χ1v) is 12.0. The minimum atomic E-state index is -0.364. The first-order chi connectivity index (χ1) is 17.5. The molecule has 2 aromatic carbocycles. The predicted octanol–water partition coefficient (Wildman–Crippen LogP) is 4.24. The van der Waals surface area contributed by atoms with Crippen LogP contribution in [0, 0.1) is 22.7 Å². The van der Waals surface area contributed by atoms with Gasteiger partial charge < -0.3 is 9.47 Å². The number of benzene rings is 2. The average molecular weight is 495 g/mol. The first-order valence-electron chi connectivity index (χ1n) is 11.6. The molecular weight excluding hydrogens is 472 g/mol. The Morgan fingerprint density at radius 3 is 2.19 bits per heavy atom. The highest BCUT2D eigenvalue weighted by Gasteiger charge is 2.29. The fourth-order valence-corrected chi connectivity index (χ4v) is 5.09. The summed E-state index contributed by atoms with van der Waals surface area (Å²) in [4.78, 5) is 22.0. The minimum Gasteiger partial charge on any atom is -0.366 e. The number of anilines is 1. The molecule has 2 aromatic heterocycles. The van der Waals surface area contributed by atoms with E-state index in [1.54, 1.807) is 19.2 Å². The van der Waals surface area contributed by atoms with Crippen molar-refractivity contribution in [1.29, 1.82) is 10.5 Å². The highest BCUT2D eigenvalue weighted by Crippen LogP contribution is 2.33. The molecule has 0 radical (unpaired) electrons. The maximum absolute atomic E-state index is 13.0. The van der Waals surface area contributed by atoms with Gasteiger partial charge in [-0.2, -0.15) is 10.5 Å². The SMILES string of the molecule is Cn1c(=O)c(C#N)c(N2CCN(C(c3ccccc3)c3ccc(Cl)cc3)CC2)c2nc(C#N)ccc21. The van der Waals surface area contributed by atoms with Crippen molar-refractivity contribution in [3.8, 4) is 12.1 Å². The molecular formula is C28H23ClN6O. The summed E-state index contributed by atoms with van der Waals surface area (Å²) in [6.07, 6.45) is 0. The van der Waals surface area contributed by atoms with Crippen LogP contribution in [0.1, 0.15) is 28.4 Å². The lowest BCUT2D eigenvalue weighted by Gasteiger charge is -2.41. The standard InChI is InChI=1S/C28H23ClN6O/c1-33-24-12-11-22(17-30)32-25(24)27(23(18-31)28(33)36)35-15-13-34(14-16-35)26(19-5-3-2-4-6-19)20-7-9-21(29)10-8-20/h2-12,26H,13-16H2,1H3. The summed E-state index contributed by atoms with van der Waals surface area (Å²) in [5.74, 6) is 0. The van der Waals surface area contributed by atoms with Crippen molar-refractivity contribution in [3.63, 3.8) is 0 Å². The van der Waals surface area contributed by atoms with Gasteiger partial charge in [0.25, 0.3) is 5.56 Å². The van der Waals surface area contributed by atoms with Gasteiger partial charge in [0.15, 0.2) is 0 Å². The fraction of sp³-hybridized carbons (Fsp3) is 0.214. The molecule has 5 rings (SSSR count). The quantitative estimate of drug-likeness (QED) is 0.421. The Morgan fingerprint density at radius 1 is 0.889 bits per heavy atom. The lowest BCUT2D eigenvalue weighted by atomic mass is 9.96. The molecule has 0 bridgehead atoms. The topological polar surface area (TPSA) is 88.9 Å².